The van der Waals surface area contributed by atoms with Crippen LogP contribution in [0.25, 0.3) is 0 Å². The normalized spacial score (nSPS) is 11.8. The number of carbonyl (C=O) groups is 4. The molecule has 4 amide bonds. The van der Waals surface area contributed by atoms with Gasteiger partial charge in [-0.05, 0) is 67.4 Å². The molecule has 3 aromatic carbocycles. The van der Waals surface area contributed by atoms with Crippen LogP contribution in [0.3, 0.4) is 0 Å². The average Bonchev–Trinajstić information content (AvgIpc) is 3.06. The molecule has 2 unspecified atom stereocenters. The van der Waals surface area contributed by atoms with Crippen molar-refractivity contribution in [2.75, 3.05) is 47.8 Å². The van der Waals surface area contributed by atoms with E-state index in [2.05, 4.69) is 13.2 Å². The average molecular weight is 599 g/mol. The summed E-state index contributed by atoms with van der Waals surface area (Å²) in [6, 6.07) is 20.8. The van der Waals surface area contributed by atoms with Crippen LogP contribution in [0.4, 0.5) is 32.3 Å². The van der Waals surface area contributed by atoms with Crippen molar-refractivity contribution in [1.29, 1.82) is 0 Å². The molecular formula is C34H38N4O6. The summed E-state index contributed by atoms with van der Waals surface area (Å²) in [6.07, 6.45) is 1.30. The van der Waals surface area contributed by atoms with Gasteiger partial charge in [0, 0.05) is 63.1 Å². The highest BCUT2D eigenvalue weighted by molar-refractivity contribution is 6.05. The molecule has 230 valence electrons. The number of amides is 4. The minimum atomic E-state index is -0.509. The van der Waals surface area contributed by atoms with Gasteiger partial charge in [-0.15, -0.1) is 0 Å². The van der Waals surface area contributed by atoms with Gasteiger partial charge in [-0.3, -0.25) is 19.6 Å². The summed E-state index contributed by atoms with van der Waals surface area (Å²) in [5.41, 5.74) is 4.05. The molecule has 0 saturated heterocycles. The monoisotopic (exact) mass is 598 g/mol. The van der Waals surface area contributed by atoms with Crippen LogP contribution in [0.2, 0.25) is 0 Å². The Labute approximate surface area is 258 Å². The zero-order valence-corrected chi connectivity index (χ0v) is 25.9. The first-order valence-corrected chi connectivity index (χ1v) is 13.9. The van der Waals surface area contributed by atoms with Crippen molar-refractivity contribution in [3.8, 4) is 0 Å². The summed E-state index contributed by atoms with van der Waals surface area (Å²) in [7, 11) is 6.65. The Kier molecular flexibility index (Phi) is 11.1. The standard InChI is InChI=1S/C34H38N4O6/c1-9-31(39)43-23(3)25-14-18-27(19-15-25)35(5)33(41)37(7)29-12-11-13-30(22-29)38(8)34(42)36(6)28-20-16-26(17-21-28)24(4)44-32(40)10-2/h9-24H,1-2H2,3-8H3. The third kappa shape index (κ3) is 7.91. The van der Waals surface area contributed by atoms with E-state index in [1.807, 2.05) is 0 Å². The Balaban J connectivity index is 1.69. The maximum atomic E-state index is 13.4. The van der Waals surface area contributed by atoms with E-state index in [1.165, 1.54) is 19.6 Å². The number of ether oxygens (including phenoxy) is 2. The number of nitrogens with zero attached hydrogens (tertiary/aromatic N) is 4. The summed E-state index contributed by atoms with van der Waals surface area (Å²) >= 11 is 0. The fraction of sp³-hybridized carbons (Fsp3) is 0.235. The summed E-state index contributed by atoms with van der Waals surface area (Å²) in [5.74, 6) is -1.02. The van der Waals surface area contributed by atoms with Crippen LogP contribution < -0.4 is 19.6 Å². The number of benzene rings is 3. The van der Waals surface area contributed by atoms with Gasteiger partial charge in [0.2, 0.25) is 0 Å². The summed E-state index contributed by atoms with van der Waals surface area (Å²) in [5, 5.41) is 0. The van der Waals surface area contributed by atoms with Crippen molar-refractivity contribution in [2.24, 2.45) is 0 Å². The van der Waals surface area contributed by atoms with Crippen molar-refractivity contribution in [2.45, 2.75) is 26.1 Å². The molecular weight excluding hydrogens is 560 g/mol. The largest absolute Gasteiger partial charge is 0.455 e. The number of carbonyl (C=O) groups excluding carboxylic acids is 4. The smallest absolute Gasteiger partial charge is 0.330 e. The highest BCUT2D eigenvalue weighted by atomic mass is 16.5. The predicted octanol–water partition coefficient (Wildman–Crippen LogP) is 6.65. The second-order valence-electron chi connectivity index (χ2n) is 10.1. The van der Waals surface area contributed by atoms with Crippen molar-refractivity contribution in [3.63, 3.8) is 0 Å². The Bertz CT molecular complexity index is 1410. The van der Waals surface area contributed by atoms with Gasteiger partial charge in [-0.1, -0.05) is 43.5 Å². The molecule has 0 aliphatic rings. The summed E-state index contributed by atoms with van der Waals surface area (Å²) in [4.78, 5) is 55.7. The molecule has 0 radical (unpaired) electrons. The Morgan fingerprint density at radius 3 is 1.20 bits per heavy atom. The molecule has 3 rings (SSSR count). The predicted molar refractivity (Wildman–Crippen MR) is 173 cm³/mol. The maximum absolute atomic E-state index is 13.4. The van der Waals surface area contributed by atoms with Gasteiger partial charge in [0.1, 0.15) is 12.2 Å². The highest BCUT2D eigenvalue weighted by Crippen LogP contribution is 2.27. The van der Waals surface area contributed by atoms with Crippen LogP contribution in [0, 0.1) is 0 Å². The van der Waals surface area contributed by atoms with Gasteiger partial charge in [0.25, 0.3) is 0 Å². The van der Waals surface area contributed by atoms with Gasteiger partial charge in [-0.25, -0.2) is 19.2 Å². The molecule has 10 heteroatoms. The highest BCUT2D eigenvalue weighted by Gasteiger charge is 2.22. The number of urea groups is 2. The number of hydrogen-bond acceptors (Lipinski definition) is 6. The number of anilines is 4. The van der Waals surface area contributed by atoms with Gasteiger partial charge >= 0.3 is 24.0 Å². The molecule has 0 heterocycles. The molecule has 0 fully saturated rings. The molecule has 0 bridgehead atoms. The van der Waals surface area contributed by atoms with E-state index in [1.54, 1.807) is 115 Å². The van der Waals surface area contributed by atoms with E-state index in [0.717, 1.165) is 23.3 Å². The molecule has 10 nitrogen and oxygen atoms in total. The lowest BCUT2D eigenvalue weighted by Gasteiger charge is -2.28. The minimum Gasteiger partial charge on any atom is -0.455 e. The van der Waals surface area contributed by atoms with E-state index in [9.17, 15) is 19.2 Å². The zero-order valence-electron chi connectivity index (χ0n) is 25.9. The Morgan fingerprint density at radius 1 is 0.568 bits per heavy atom. The van der Waals surface area contributed by atoms with Crippen LogP contribution in [0.15, 0.2) is 98.1 Å². The van der Waals surface area contributed by atoms with E-state index in [-0.39, 0.29) is 12.1 Å². The molecule has 0 N–H and O–H groups in total. The van der Waals surface area contributed by atoms with E-state index in [4.69, 9.17) is 9.47 Å². The van der Waals surface area contributed by atoms with E-state index in [0.29, 0.717) is 22.7 Å². The second-order valence-corrected chi connectivity index (χ2v) is 10.1. The van der Waals surface area contributed by atoms with Crippen molar-refractivity contribution in [3.05, 3.63) is 109 Å². The number of rotatable bonds is 10. The van der Waals surface area contributed by atoms with Gasteiger partial charge in [-0.2, -0.15) is 0 Å². The molecule has 0 aliphatic carbocycles. The molecule has 2 atom stereocenters. The van der Waals surface area contributed by atoms with Crippen LogP contribution in [-0.2, 0) is 19.1 Å². The Morgan fingerprint density at radius 2 is 0.886 bits per heavy atom. The van der Waals surface area contributed by atoms with Crippen LogP contribution in [0.1, 0.15) is 37.2 Å². The zero-order chi connectivity index (χ0) is 32.6. The third-order valence-electron chi connectivity index (χ3n) is 7.17. The molecule has 0 aliphatic heterocycles. The lowest BCUT2D eigenvalue weighted by atomic mass is 10.1. The van der Waals surface area contributed by atoms with E-state index >= 15 is 0 Å². The van der Waals surface area contributed by atoms with Crippen molar-refractivity contribution >= 4 is 46.8 Å². The van der Waals surface area contributed by atoms with Crippen LogP contribution in [-0.4, -0.2) is 52.2 Å². The molecule has 44 heavy (non-hydrogen) atoms. The molecule has 0 spiro atoms. The van der Waals surface area contributed by atoms with Crippen molar-refractivity contribution < 1.29 is 28.7 Å². The fourth-order valence-electron chi connectivity index (χ4n) is 4.32. The fourth-order valence-corrected chi connectivity index (χ4v) is 4.32. The lowest BCUT2D eigenvalue weighted by molar-refractivity contribution is -0.143. The quantitative estimate of drug-likeness (QED) is 0.191. The SMILES string of the molecule is C=CC(=O)OC(C)c1ccc(N(C)C(=O)N(C)c2cccc(N(C)C(=O)N(C)c3ccc(C(C)OC(=O)C=C)cc3)c2)cc1. The van der Waals surface area contributed by atoms with Crippen molar-refractivity contribution in [1.82, 2.24) is 0 Å². The van der Waals surface area contributed by atoms with Crippen LogP contribution in [0.5, 0.6) is 0 Å². The molecule has 0 saturated carbocycles. The Hall–Kier alpha value is -5.38. The second kappa shape index (κ2) is 14.7. The lowest BCUT2D eigenvalue weighted by Crippen LogP contribution is -2.40. The number of esters is 2. The van der Waals surface area contributed by atoms with Gasteiger partial charge < -0.3 is 9.47 Å². The topological polar surface area (TPSA) is 99.7 Å². The maximum Gasteiger partial charge on any atom is 0.330 e. The first-order chi connectivity index (χ1) is 20.9. The van der Waals surface area contributed by atoms with Gasteiger partial charge in [0.15, 0.2) is 0 Å². The first-order valence-electron chi connectivity index (χ1n) is 13.9. The minimum absolute atomic E-state index is 0.291. The van der Waals surface area contributed by atoms with Crippen LogP contribution >= 0.6 is 0 Å². The van der Waals surface area contributed by atoms with Gasteiger partial charge in [0.05, 0.1) is 0 Å². The molecule has 3 aromatic rings. The summed E-state index contributed by atoms with van der Waals surface area (Å²) < 4.78 is 10.5. The first kappa shape index (κ1) is 33.1. The molecule has 0 aromatic heterocycles. The number of hydrogen-bond donors (Lipinski definition) is 0. The third-order valence-corrected chi connectivity index (χ3v) is 7.17. The van der Waals surface area contributed by atoms with E-state index < -0.39 is 24.1 Å². The summed E-state index contributed by atoms with van der Waals surface area (Å²) in [6.45, 7) is 10.3.